The summed E-state index contributed by atoms with van der Waals surface area (Å²) in [5.41, 5.74) is 6.60. The number of thiophene rings is 1. The number of nitrogens with two attached hydrogens (primary N) is 1. The van der Waals surface area contributed by atoms with Crippen LogP contribution >= 0.6 is 34.7 Å². The molecule has 0 atom stereocenters. The molecule has 0 saturated heterocycles. The summed E-state index contributed by atoms with van der Waals surface area (Å²) >= 11 is 9.23. The van der Waals surface area contributed by atoms with Crippen LogP contribution in [0.1, 0.15) is 0 Å². The van der Waals surface area contributed by atoms with Gasteiger partial charge in [0.1, 0.15) is 0 Å². The van der Waals surface area contributed by atoms with Gasteiger partial charge >= 0.3 is 0 Å². The van der Waals surface area contributed by atoms with Crippen LogP contribution in [0.5, 0.6) is 0 Å². The van der Waals surface area contributed by atoms with Crippen LogP contribution < -0.4 is 5.73 Å². The molecule has 1 nitrogen and oxygen atoms in total. The van der Waals surface area contributed by atoms with Gasteiger partial charge in [-0.1, -0.05) is 29.4 Å². The van der Waals surface area contributed by atoms with Crippen molar-refractivity contribution in [2.75, 3.05) is 5.73 Å². The molecule has 0 saturated carbocycles. The lowest BCUT2D eigenvalue weighted by molar-refractivity contribution is 1.45. The third-order valence-corrected chi connectivity index (χ3v) is 4.03. The van der Waals surface area contributed by atoms with E-state index in [9.17, 15) is 0 Å². The maximum Gasteiger partial charge on any atom is 0.0647 e. The Hall–Kier alpha value is -0.640. The molecule has 1 aromatic heterocycles. The maximum absolute atomic E-state index is 5.89. The zero-order valence-electron chi connectivity index (χ0n) is 7.24. The molecule has 0 spiro atoms. The van der Waals surface area contributed by atoms with Crippen LogP contribution in [-0.2, 0) is 0 Å². The van der Waals surface area contributed by atoms with Crippen molar-refractivity contribution in [1.29, 1.82) is 0 Å². The fourth-order valence-electron chi connectivity index (χ4n) is 1.03. The Balaban J connectivity index is 2.28. The summed E-state index contributed by atoms with van der Waals surface area (Å²) in [5, 5.41) is 2.77. The van der Waals surface area contributed by atoms with E-state index in [-0.39, 0.29) is 0 Å². The summed E-state index contributed by atoms with van der Waals surface area (Å²) in [6.45, 7) is 0. The second-order valence-corrected chi connectivity index (χ2v) is 5.44. The Kier molecular flexibility index (Phi) is 3.01. The lowest BCUT2D eigenvalue weighted by Crippen LogP contribution is -1.86. The van der Waals surface area contributed by atoms with E-state index in [1.807, 2.05) is 23.6 Å². The molecule has 0 amide bonds. The largest absolute Gasteiger partial charge is 0.398 e. The number of hydrogen-bond acceptors (Lipinski definition) is 3. The Labute approximate surface area is 95.9 Å². The van der Waals surface area contributed by atoms with E-state index in [0.29, 0.717) is 0 Å². The summed E-state index contributed by atoms with van der Waals surface area (Å²) in [4.78, 5) is 1.01. The molecular formula is C10H8ClNS2. The average Bonchev–Trinajstić information content (AvgIpc) is 2.64. The van der Waals surface area contributed by atoms with Crippen molar-refractivity contribution in [3.63, 3.8) is 0 Å². The van der Waals surface area contributed by atoms with Gasteiger partial charge in [-0.2, -0.15) is 0 Å². The highest BCUT2D eigenvalue weighted by Crippen LogP contribution is 2.35. The van der Waals surface area contributed by atoms with E-state index in [1.165, 1.54) is 4.21 Å². The fraction of sp³-hybridized carbons (Fsp3) is 0. The molecule has 2 rings (SSSR count). The van der Waals surface area contributed by atoms with Gasteiger partial charge in [0.05, 0.1) is 4.21 Å². The number of benzene rings is 1. The number of hydrogen-bond donors (Lipinski definition) is 1. The highest BCUT2D eigenvalue weighted by molar-refractivity contribution is 8.01. The van der Waals surface area contributed by atoms with Crippen molar-refractivity contribution in [2.24, 2.45) is 0 Å². The first-order valence-electron chi connectivity index (χ1n) is 4.02. The Morgan fingerprint density at radius 2 is 2.14 bits per heavy atom. The Bertz CT molecular complexity index is 426. The van der Waals surface area contributed by atoms with Crippen LogP contribution in [0.25, 0.3) is 0 Å². The zero-order chi connectivity index (χ0) is 9.97. The standard InChI is InChI=1S/C10H8ClNS2/c11-7-3-4-8(12)9(6-7)14-10-2-1-5-13-10/h1-6H,12H2. The first-order valence-corrected chi connectivity index (χ1v) is 6.09. The minimum Gasteiger partial charge on any atom is -0.398 e. The topological polar surface area (TPSA) is 26.0 Å². The van der Waals surface area contributed by atoms with Crippen molar-refractivity contribution in [2.45, 2.75) is 9.10 Å². The van der Waals surface area contributed by atoms with Crippen molar-refractivity contribution in [3.8, 4) is 0 Å². The van der Waals surface area contributed by atoms with Gasteiger partial charge in [0.25, 0.3) is 0 Å². The third-order valence-electron chi connectivity index (χ3n) is 1.68. The second-order valence-electron chi connectivity index (χ2n) is 2.72. The SMILES string of the molecule is Nc1ccc(Cl)cc1Sc1cccs1. The molecule has 2 aromatic rings. The average molecular weight is 242 g/mol. The molecule has 1 heterocycles. The maximum atomic E-state index is 5.89. The van der Waals surface area contributed by atoms with Crippen LogP contribution in [0.15, 0.2) is 44.8 Å². The highest BCUT2D eigenvalue weighted by atomic mass is 35.5. The summed E-state index contributed by atoms with van der Waals surface area (Å²) in [7, 11) is 0. The molecule has 2 N–H and O–H groups in total. The van der Waals surface area contributed by atoms with E-state index in [0.717, 1.165) is 15.6 Å². The van der Waals surface area contributed by atoms with E-state index in [4.69, 9.17) is 17.3 Å². The quantitative estimate of drug-likeness (QED) is 0.800. The summed E-state index contributed by atoms with van der Waals surface area (Å²) in [5.74, 6) is 0. The number of rotatable bonds is 2. The molecule has 1 aromatic carbocycles. The molecule has 0 bridgehead atoms. The van der Waals surface area contributed by atoms with Gasteiger partial charge in [0, 0.05) is 15.6 Å². The van der Waals surface area contributed by atoms with Gasteiger partial charge in [-0.05, 0) is 29.6 Å². The van der Waals surface area contributed by atoms with Crippen molar-refractivity contribution in [3.05, 3.63) is 40.7 Å². The van der Waals surface area contributed by atoms with Crippen molar-refractivity contribution >= 4 is 40.4 Å². The molecule has 0 fully saturated rings. The lowest BCUT2D eigenvalue weighted by Gasteiger charge is -2.03. The first kappa shape index (κ1) is 9.90. The molecule has 72 valence electrons. The van der Waals surface area contributed by atoms with Crippen LogP contribution in [0.3, 0.4) is 0 Å². The Morgan fingerprint density at radius 1 is 1.29 bits per heavy atom. The number of nitrogen functional groups attached to an aromatic ring is 1. The van der Waals surface area contributed by atoms with Gasteiger partial charge in [0.15, 0.2) is 0 Å². The summed E-state index contributed by atoms with van der Waals surface area (Å²) in [6.07, 6.45) is 0. The Morgan fingerprint density at radius 3 is 2.86 bits per heavy atom. The van der Waals surface area contributed by atoms with Crippen LogP contribution in [-0.4, -0.2) is 0 Å². The van der Waals surface area contributed by atoms with Crippen LogP contribution in [0.2, 0.25) is 5.02 Å². The van der Waals surface area contributed by atoms with Crippen LogP contribution in [0, 0.1) is 0 Å². The van der Waals surface area contributed by atoms with Gasteiger partial charge < -0.3 is 5.73 Å². The zero-order valence-corrected chi connectivity index (χ0v) is 9.62. The van der Waals surface area contributed by atoms with E-state index < -0.39 is 0 Å². The van der Waals surface area contributed by atoms with Gasteiger partial charge in [-0.25, -0.2) is 0 Å². The predicted octanol–water partition coefficient (Wildman–Crippen LogP) is 4.13. The van der Waals surface area contributed by atoms with Crippen molar-refractivity contribution in [1.82, 2.24) is 0 Å². The summed E-state index contributed by atoms with van der Waals surface area (Å²) in [6, 6.07) is 9.61. The lowest BCUT2D eigenvalue weighted by atomic mass is 10.3. The highest BCUT2D eigenvalue weighted by Gasteiger charge is 2.03. The van der Waals surface area contributed by atoms with E-state index in [1.54, 1.807) is 29.2 Å². The second kappa shape index (κ2) is 4.26. The van der Waals surface area contributed by atoms with Gasteiger partial charge in [-0.3, -0.25) is 0 Å². The molecule has 0 aliphatic rings. The molecule has 14 heavy (non-hydrogen) atoms. The fourth-order valence-corrected chi connectivity index (χ4v) is 3.08. The number of halogens is 1. The molecule has 0 unspecified atom stereocenters. The minimum absolute atomic E-state index is 0.721. The number of anilines is 1. The smallest absolute Gasteiger partial charge is 0.0647 e. The normalized spacial score (nSPS) is 10.4. The van der Waals surface area contributed by atoms with E-state index in [2.05, 4.69) is 6.07 Å². The molecule has 0 aliphatic heterocycles. The van der Waals surface area contributed by atoms with Crippen LogP contribution in [0.4, 0.5) is 5.69 Å². The molecular weight excluding hydrogens is 234 g/mol. The minimum atomic E-state index is 0.721. The molecule has 0 radical (unpaired) electrons. The predicted molar refractivity (Wildman–Crippen MR) is 64.3 cm³/mol. The monoisotopic (exact) mass is 241 g/mol. The molecule has 4 heteroatoms. The van der Waals surface area contributed by atoms with Crippen molar-refractivity contribution < 1.29 is 0 Å². The van der Waals surface area contributed by atoms with Gasteiger partial charge in [0.2, 0.25) is 0 Å². The summed E-state index contributed by atoms with van der Waals surface area (Å²) < 4.78 is 1.22. The molecule has 0 aliphatic carbocycles. The third kappa shape index (κ3) is 2.23. The van der Waals surface area contributed by atoms with E-state index >= 15 is 0 Å². The first-order chi connectivity index (χ1) is 6.75. The van der Waals surface area contributed by atoms with Gasteiger partial charge in [-0.15, -0.1) is 11.3 Å².